The van der Waals surface area contributed by atoms with Gasteiger partial charge in [-0.05, 0) is 44.9 Å². The van der Waals surface area contributed by atoms with Crippen molar-refractivity contribution in [3.05, 3.63) is 29.6 Å². The van der Waals surface area contributed by atoms with Gasteiger partial charge in [0.25, 0.3) is 10.0 Å². The van der Waals surface area contributed by atoms with Crippen LogP contribution in [0.4, 0.5) is 5.82 Å². The quantitative estimate of drug-likeness (QED) is 0.697. The van der Waals surface area contributed by atoms with Crippen molar-refractivity contribution in [1.82, 2.24) is 23.8 Å². The molecule has 2 aliphatic heterocycles. The number of hydrogen-bond donors (Lipinski definition) is 0. The van der Waals surface area contributed by atoms with Crippen LogP contribution in [0, 0.1) is 12.8 Å². The number of nitrogens with zero attached hydrogens (tertiary/aromatic N) is 6. The number of hydrogen-bond acceptors (Lipinski definition) is 6. The molecule has 1 unspecified atom stereocenters. The zero-order valence-corrected chi connectivity index (χ0v) is 18.8. The number of anilines is 1. The molecule has 0 aromatic carbocycles. The van der Waals surface area contributed by atoms with Crippen molar-refractivity contribution in [3.8, 4) is 0 Å². The van der Waals surface area contributed by atoms with Gasteiger partial charge in [0.05, 0.1) is 6.33 Å². The minimum absolute atomic E-state index is 0.0689. The largest absolute Gasteiger partial charge is 0.339 e. The summed E-state index contributed by atoms with van der Waals surface area (Å²) in [5.74, 6) is 1.99. The standard InChI is InChI=1S/C21H28N6O3S/c1-14-17-7-8-19(28)27(10-15-5-6-15)21(17)24-20(23-14)16-4-3-9-26(11-16)31(29,30)18-12-25(2)13-22-18/h12-13,15-16H,3-11H2,1-2H3. The summed E-state index contributed by atoms with van der Waals surface area (Å²) < 4.78 is 29.2. The maximum Gasteiger partial charge on any atom is 0.262 e. The number of fused-ring (bicyclic) bond motifs is 1. The van der Waals surface area contributed by atoms with E-state index in [9.17, 15) is 13.2 Å². The van der Waals surface area contributed by atoms with Crippen LogP contribution < -0.4 is 4.90 Å². The number of piperidine rings is 1. The zero-order valence-electron chi connectivity index (χ0n) is 18.0. The third kappa shape index (κ3) is 3.87. The number of imidazole rings is 1. The summed E-state index contributed by atoms with van der Waals surface area (Å²) in [6.45, 7) is 3.49. The molecule has 31 heavy (non-hydrogen) atoms. The highest BCUT2D eigenvalue weighted by molar-refractivity contribution is 7.89. The molecule has 5 rings (SSSR count). The fourth-order valence-electron chi connectivity index (χ4n) is 4.56. The summed E-state index contributed by atoms with van der Waals surface area (Å²) in [6, 6.07) is 0. The van der Waals surface area contributed by atoms with E-state index in [-0.39, 0.29) is 16.9 Å². The molecule has 0 spiro atoms. The van der Waals surface area contributed by atoms with E-state index < -0.39 is 10.0 Å². The van der Waals surface area contributed by atoms with Crippen LogP contribution in [0.1, 0.15) is 55.1 Å². The Kier molecular flexibility index (Phi) is 5.09. The molecule has 9 nitrogen and oxygen atoms in total. The Labute approximate surface area is 182 Å². The number of aromatic nitrogens is 4. The van der Waals surface area contributed by atoms with Crippen molar-refractivity contribution in [1.29, 1.82) is 0 Å². The van der Waals surface area contributed by atoms with Gasteiger partial charge in [-0.1, -0.05) is 0 Å². The maximum atomic E-state index is 13.1. The van der Waals surface area contributed by atoms with Gasteiger partial charge in [0.15, 0.2) is 5.03 Å². The SMILES string of the molecule is Cc1nc(C2CCCN(S(=O)(=O)c3cn(C)cn3)C2)nc2c1CCC(=O)N2CC1CC1. The molecule has 166 valence electrons. The molecule has 2 aromatic heterocycles. The molecule has 0 radical (unpaired) electrons. The van der Waals surface area contributed by atoms with Crippen molar-refractivity contribution in [2.75, 3.05) is 24.5 Å². The summed E-state index contributed by atoms with van der Waals surface area (Å²) in [5, 5.41) is 0.0689. The number of aryl methyl sites for hydroxylation is 2. The van der Waals surface area contributed by atoms with Gasteiger partial charge in [0, 0.05) is 56.5 Å². The molecule has 1 saturated heterocycles. The minimum Gasteiger partial charge on any atom is -0.339 e. The summed E-state index contributed by atoms with van der Waals surface area (Å²) in [6.07, 6.45) is 8.09. The van der Waals surface area contributed by atoms with E-state index in [4.69, 9.17) is 9.97 Å². The van der Waals surface area contributed by atoms with Crippen molar-refractivity contribution >= 4 is 21.7 Å². The Hall–Kier alpha value is -2.33. The van der Waals surface area contributed by atoms with Gasteiger partial charge >= 0.3 is 0 Å². The molecular formula is C21H28N6O3S. The van der Waals surface area contributed by atoms with E-state index in [2.05, 4.69) is 4.98 Å². The molecule has 1 saturated carbocycles. The summed E-state index contributed by atoms with van der Waals surface area (Å²) >= 11 is 0. The molecule has 1 aliphatic carbocycles. The third-order valence-electron chi connectivity index (χ3n) is 6.53. The third-order valence-corrected chi connectivity index (χ3v) is 8.28. The topological polar surface area (TPSA) is 101 Å². The van der Waals surface area contributed by atoms with Crippen LogP contribution in [0.25, 0.3) is 0 Å². The average Bonchev–Trinajstić information content (AvgIpc) is 3.47. The van der Waals surface area contributed by atoms with Crippen molar-refractivity contribution in [2.45, 2.75) is 56.4 Å². The molecule has 0 bridgehead atoms. The van der Waals surface area contributed by atoms with Crippen molar-refractivity contribution in [2.24, 2.45) is 13.0 Å². The Balaban J connectivity index is 1.44. The molecule has 0 N–H and O–H groups in total. The highest BCUT2D eigenvalue weighted by atomic mass is 32.2. The maximum absolute atomic E-state index is 13.1. The first-order valence-corrected chi connectivity index (χ1v) is 12.4. The first-order valence-electron chi connectivity index (χ1n) is 11.0. The van der Waals surface area contributed by atoms with Crippen LogP contribution in [0.15, 0.2) is 17.6 Å². The van der Waals surface area contributed by atoms with Gasteiger partial charge in [-0.15, -0.1) is 0 Å². The van der Waals surface area contributed by atoms with E-state index in [1.54, 1.807) is 11.6 Å². The molecule has 2 aromatic rings. The number of carbonyl (C=O) groups is 1. The van der Waals surface area contributed by atoms with Crippen LogP contribution in [-0.4, -0.2) is 57.8 Å². The fraction of sp³-hybridized carbons (Fsp3) is 0.619. The van der Waals surface area contributed by atoms with E-state index >= 15 is 0 Å². The van der Waals surface area contributed by atoms with E-state index in [0.717, 1.165) is 36.5 Å². The lowest BCUT2D eigenvalue weighted by Gasteiger charge is -2.33. The van der Waals surface area contributed by atoms with Crippen molar-refractivity contribution in [3.63, 3.8) is 0 Å². The molecule has 1 amide bonds. The van der Waals surface area contributed by atoms with Crippen LogP contribution in [-0.2, 0) is 28.3 Å². The molecule has 3 aliphatic rings. The summed E-state index contributed by atoms with van der Waals surface area (Å²) in [4.78, 5) is 28.1. The van der Waals surface area contributed by atoms with Gasteiger partial charge in [0.1, 0.15) is 11.6 Å². The van der Waals surface area contributed by atoms with Gasteiger partial charge in [-0.2, -0.15) is 4.31 Å². The Morgan fingerprint density at radius 2 is 1.97 bits per heavy atom. The predicted molar refractivity (Wildman–Crippen MR) is 114 cm³/mol. The smallest absolute Gasteiger partial charge is 0.262 e. The first kappa shape index (κ1) is 20.6. The summed E-state index contributed by atoms with van der Waals surface area (Å²) in [5.41, 5.74) is 1.95. The fourth-order valence-corrected chi connectivity index (χ4v) is 6.05. The van der Waals surface area contributed by atoms with E-state index in [1.807, 2.05) is 11.8 Å². The van der Waals surface area contributed by atoms with Gasteiger partial charge in [0.2, 0.25) is 5.91 Å². The number of amides is 1. The van der Waals surface area contributed by atoms with Crippen LogP contribution in [0.2, 0.25) is 0 Å². The summed E-state index contributed by atoms with van der Waals surface area (Å²) in [7, 11) is -1.90. The van der Waals surface area contributed by atoms with E-state index in [1.165, 1.54) is 29.7 Å². The van der Waals surface area contributed by atoms with Crippen molar-refractivity contribution < 1.29 is 13.2 Å². The van der Waals surface area contributed by atoms with Crippen LogP contribution >= 0.6 is 0 Å². The zero-order chi connectivity index (χ0) is 21.8. The second kappa shape index (κ2) is 7.67. The van der Waals surface area contributed by atoms with Crippen LogP contribution in [0.5, 0.6) is 0 Å². The normalized spacial score (nSPS) is 22.6. The highest BCUT2D eigenvalue weighted by Gasteiger charge is 2.36. The average molecular weight is 445 g/mol. The van der Waals surface area contributed by atoms with E-state index in [0.29, 0.717) is 37.7 Å². The highest BCUT2D eigenvalue weighted by Crippen LogP contribution is 2.36. The molecule has 2 fully saturated rings. The Morgan fingerprint density at radius 3 is 2.68 bits per heavy atom. The molecule has 10 heteroatoms. The monoisotopic (exact) mass is 444 g/mol. The number of carbonyl (C=O) groups excluding carboxylic acids is 1. The second-order valence-corrected chi connectivity index (χ2v) is 10.9. The Bertz CT molecular complexity index is 1120. The molecule has 4 heterocycles. The number of rotatable bonds is 5. The molecular weight excluding hydrogens is 416 g/mol. The predicted octanol–water partition coefficient (Wildman–Crippen LogP) is 1.78. The second-order valence-electron chi connectivity index (χ2n) is 9.00. The van der Waals surface area contributed by atoms with Gasteiger partial charge < -0.3 is 4.57 Å². The lowest BCUT2D eigenvalue weighted by atomic mass is 9.97. The molecule has 1 atom stereocenters. The minimum atomic E-state index is -3.66. The van der Waals surface area contributed by atoms with Crippen LogP contribution in [0.3, 0.4) is 0 Å². The first-order chi connectivity index (χ1) is 14.8. The van der Waals surface area contributed by atoms with Gasteiger partial charge in [-0.3, -0.25) is 9.69 Å². The number of sulfonamides is 1. The lowest BCUT2D eigenvalue weighted by molar-refractivity contribution is -0.119. The lowest BCUT2D eigenvalue weighted by Crippen LogP contribution is -2.41. The Morgan fingerprint density at radius 1 is 1.16 bits per heavy atom. The van der Waals surface area contributed by atoms with Gasteiger partial charge in [-0.25, -0.2) is 23.4 Å².